The Hall–Kier alpha value is -2.41. The second kappa shape index (κ2) is 6.57. The van der Waals surface area contributed by atoms with Gasteiger partial charge in [-0.2, -0.15) is 8.42 Å². The summed E-state index contributed by atoms with van der Waals surface area (Å²) < 4.78 is 42.6. The molecule has 0 spiro atoms. The van der Waals surface area contributed by atoms with Crippen molar-refractivity contribution in [1.29, 1.82) is 0 Å². The van der Waals surface area contributed by atoms with Gasteiger partial charge in [0.2, 0.25) is 5.91 Å². The van der Waals surface area contributed by atoms with E-state index in [-0.39, 0.29) is 22.9 Å². The molecule has 0 atom stereocenters. The minimum Gasteiger partial charge on any atom is -0.380 e. The first-order chi connectivity index (χ1) is 10.4. The molecule has 0 saturated heterocycles. The second-order valence-electron chi connectivity index (χ2n) is 4.55. The zero-order valence-electron chi connectivity index (χ0n) is 11.7. The van der Waals surface area contributed by atoms with Gasteiger partial charge in [0.15, 0.2) is 5.75 Å². The quantitative estimate of drug-likeness (QED) is 0.859. The highest BCUT2D eigenvalue weighted by molar-refractivity contribution is 7.86. The molecule has 2 aromatic rings. The third-order valence-electron chi connectivity index (χ3n) is 2.70. The summed E-state index contributed by atoms with van der Waals surface area (Å²) >= 11 is 0. The molecule has 116 valence electrons. The maximum Gasteiger partial charge on any atom is 0.313 e. The van der Waals surface area contributed by atoms with E-state index in [4.69, 9.17) is 4.18 Å². The number of benzene rings is 2. The minimum atomic E-state index is -4.06. The Morgan fingerprint density at radius 3 is 2.45 bits per heavy atom. The number of amides is 1. The Bertz CT molecular complexity index is 790. The molecular weight excluding hydrogens is 309 g/mol. The molecule has 7 heteroatoms. The number of rotatable bonds is 5. The van der Waals surface area contributed by atoms with Crippen LogP contribution in [0.1, 0.15) is 12.5 Å². The molecule has 0 saturated carbocycles. The maximum atomic E-state index is 13.5. The number of hydrogen-bond donors (Lipinski definition) is 1. The lowest BCUT2D eigenvalue weighted by atomic mass is 10.2. The first-order valence-electron chi connectivity index (χ1n) is 6.39. The third-order valence-corrected chi connectivity index (χ3v) is 3.80. The van der Waals surface area contributed by atoms with Gasteiger partial charge < -0.3 is 9.50 Å². The van der Waals surface area contributed by atoms with Crippen LogP contribution in [0.5, 0.6) is 5.75 Å². The van der Waals surface area contributed by atoms with Crippen molar-refractivity contribution in [3.63, 3.8) is 0 Å². The smallest absolute Gasteiger partial charge is 0.313 e. The Kier molecular flexibility index (Phi) is 4.77. The lowest BCUT2D eigenvalue weighted by molar-refractivity contribution is -0.114. The molecule has 1 N–H and O–H groups in total. The fourth-order valence-electron chi connectivity index (χ4n) is 1.80. The van der Waals surface area contributed by atoms with Crippen molar-refractivity contribution in [3.05, 3.63) is 59.9 Å². The maximum absolute atomic E-state index is 13.5. The van der Waals surface area contributed by atoms with E-state index in [1.165, 1.54) is 37.3 Å². The lowest BCUT2D eigenvalue weighted by Gasteiger charge is -2.11. The monoisotopic (exact) mass is 323 g/mol. The van der Waals surface area contributed by atoms with E-state index < -0.39 is 21.7 Å². The summed E-state index contributed by atoms with van der Waals surface area (Å²) in [6.45, 7) is 1.30. The zero-order chi connectivity index (χ0) is 16.2. The molecule has 22 heavy (non-hydrogen) atoms. The summed E-state index contributed by atoms with van der Waals surface area (Å²) in [5.74, 6) is -1.60. The van der Waals surface area contributed by atoms with Crippen LogP contribution < -0.4 is 9.50 Å². The molecule has 0 radical (unpaired) electrons. The van der Waals surface area contributed by atoms with Crippen LogP contribution >= 0.6 is 0 Å². The predicted octanol–water partition coefficient (Wildman–Crippen LogP) is 2.69. The molecular formula is C15H14FNO4S. The normalized spacial score (nSPS) is 11.0. The van der Waals surface area contributed by atoms with E-state index in [1.54, 1.807) is 18.2 Å². The van der Waals surface area contributed by atoms with E-state index >= 15 is 0 Å². The average molecular weight is 323 g/mol. The molecule has 0 unspecified atom stereocenters. The van der Waals surface area contributed by atoms with Gasteiger partial charge in [0.1, 0.15) is 11.6 Å². The topological polar surface area (TPSA) is 72.5 Å². The highest BCUT2D eigenvalue weighted by Crippen LogP contribution is 2.26. The van der Waals surface area contributed by atoms with Crippen molar-refractivity contribution in [1.82, 2.24) is 0 Å². The minimum absolute atomic E-state index is 0.0134. The SMILES string of the molecule is CC(=O)Nc1ccccc1OS(=O)(=O)Cc1ccccc1F. The fraction of sp³-hybridized carbons (Fsp3) is 0.133. The van der Waals surface area contributed by atoms with Crippen LogP contribution in [-0.2, 0) is 20.7 Å². The second-order valence-corrected chi connectivity index (χ2v) is 6.12. The molecule has 0 heterocycles. The van der Waals surface area contributed by atoms with Gasteiger partial charge in [-0.3, -0.25) is 4.79 Å². The Morgan fingerprint density at radius 1 is 1.14 bits per heavy atom. The number of nitrogens with one attached hydrogen (secondary N) is 1. The Morgan fingerprint density at radius 2 is 1.77 bits per heavy atom. The molecule has 2 aromatic carbocycles. The van der Waals surface area contributed by atoms with Gasteiger partial charge in [-0.15, -0.1) is 0 Å². The van der Waals surface area contributed by atoms with Gasteiger partial charge in [-0.1, -0.05) is 30.3 Å². The summed E-state index contributed by atoms with van der Waals surface area (Å²) in [6.07, 6.45) is 0. The first kappa shape index (κ1) is 16.0. The molecule has 2 rings (SSSR count). The molecule has 1 amide bonds. The van der Waals surface area contributed by atoms with Crippen molar-refractivity contribution in [2.24, 2.45) is 0 Å². The van der Waals surface area contributed by atoms with E-state index in [0.29, 0.717) is 0 Å². The average Bonchev–Trinajstić information content (AvgIpc) is 2.42. The summed E-state index contributed by atoms with van der Waals surface area (Å²) in [7, 11) is -4.06. The van der Waals surface area contributed by atoms with Gasteiger partial charge in [-0.05, 0) is 18.2 Å². The van der Waals surface area contributed by atoms with Crippen LogP contribution in [0.4, 0.5) is 10.1 Å². The van der Waals surface area contributed by atoms with Crippen molar-refractivity contribution in [2.75, 3.05) is 5.32 Å². The highest BCUT2D eigenvalue weighted by Gasteiger charge is 2.18. The van der Waals surface area contributed by atoms with Gasteiger partial charge in [-0.25, -0.2) is 4.39 Å². The fourth-order valence-corrected chi connectivity index (χ4v) is 2.90. The molecule has 0 bridgehead atoms. The Balaban J connectivity index is 2.23. The van der Waals surface area contributed by atoms with E-state index in [1.807, 2.05) is 0 Å². The van der Waals surface area contributed by atoms with E-state index in [0.717, 1.165) is 0 Å². The largest absolute Gasteiger partial charge is 0.380 e. The number of hydrogen-bond acceptors (Lipinski definition) is 4. The standard InChI is InChI=1S/C15H14FNO4S/c1-11(18)17-14-8-4-5-9-15(14)21-22(19,20)10-12-6-2-3-7-13(12)16/h2-9H,10H2,1H3,(H,17,18). The van der Waals surface area contributed by atoms with E-state index in [9.17, 15) is 17.6 Å². The number of carbonyl (C=O) groups excluding carboxylic acids is 1. The number of anilines is 1. The molecule has 0 aliphatic rings. The van der Waals surface area contributed by atoms with Crippen molar-refractivity contribution in [3.8, 4) is 5.75 Å². The van der Waals surface area contributed by atoms with Gasteiger partial charge >= 0.3 is 10.1 Å². The third kappa shape index (κ3) is 4.29. The summed E-state index contributed by atoms with van der Waals surface area (Å²) in [5.41, 5.74) is 0.242. The number of halogens is 1. The lowest BCUT2D eigenvalue weighted by Crippen LogP contribution is -2.15. The zero-order valence-corrected chi connectivity index (χ0v) is 12.6. The number of carbonyl (C=O) groups is 1. The summed E-state index contributed by atoms with van der Waals surface area (Å²) in [4.78, 5) is 11.1. The number of para-hydroxylation sites is 2. The molecule has 0 fully saturated rings. The van der Waals surface area contributed by atoms with Gasteiger partial charge in [0.25, 0.3) is 0 Å². The highest BCUT2D eigenvalue weighted by atomic mass is 32.2. The van der Waals surface area contributed by atoms with Crippen molar-refractivity contribution < 1.29 is 21.8 Å². The molecule has 0 aromatic heterocycles. The van der Waals surface area contributed by atoms with E-state index in [2.05, 4.69) is 5.32 Å². The van der Waals surface area contributed by atoms with Crippen LogP contribution in [0, 0.1) is 5.82 Å². The predicted molar refractivity (Wildman–Crippen MR) is 80.4 cm³/mol. The molecule has 0 aliphatic heterocycles. The van der Waals surface area contributed by atoms with Gasteiger partial charge in [0, 0.05) is 12.5 Å². The van der Waals surface area contributed by atoms with Crippen molar-refractivity contribution in [2.45, 2.75) is 12.7 Å². The summed E-state index contributed by atoms with van der Waals surface area (Å²) in [6, 6.07) is 11.7. The molecule has 5 nitrogen and oxygen atoms in total. The van der Waals surface area contributed by atoms with Crippen LogP contribution in [0.15, 0.2) is 48.5 Å². The van der Waals surface area contributed by atoms with Crippen LogP contribution in [-0.4, -0.2) is 14.3 Å². The summed E-state index contributed by atoms with van der Waals surface area (Å²) in [5, 5.41) is 2.47. The van der Waals surface area contributed by atoms with Crippen molar-refractivity contribution >= 4 is 21.7 Å². The van der Waals surface area contributed by atoms with Crippen LogP contribution in [0.3, 0.4) is 0 Å². The van der Waals surface area contributed by atoms with Crippen LogP contribution in [0.25, 0.3) is 0 Å². The first-order valence-corrected chi connectivity index (χ1v) is 7.97. The van der Waals surface area contributed by atoms with Gasteiger partial charge in [0.05, 0.1) is 5.69 Å². The Labute approximate surface area is 127 Å². The molecule has 0 aliphatic carbocycles. The van der Waals surface area contributed by atoms with Crippen LogP contribution in [0.2, 0.25) is 0 Å².